The number of fused-ring (bicyclic) bond motifs is 3. The SMILES string of the molecule is N#Cc1cc(C#N)cc(-c2ccc3c(c2)c2cc(-c4cc(C#N)cc(C#N)c4)ccc2n3-c2ccc(-c3ccccn3)cc2-c2nc(-c3ccccc3)nc(-c3ccccc3)n2)c1. The molecule has 10 aromatic rings. The molecule has 0 fully saturated rings. The first-order valence-corrected chi connectivity index (χ1v) is 19.9. The first-order valence-electron chi connectivity index (χ1n) is 19.9. The molecule has 0 atom stereocenters. The van der Waals surface area contributed by atoms with Gasteiger partial charge >= 0.3 is 0 Å². The van der Waals surface area contributed by atoms with Gasteiger partial charge in [0.15, 0.2) is 17.5 Å². The van der Waals surface area contributed by atoms with Gasteiger partial charge in [0.25, 0.3) is 0 Å². The Morgan fingerprint density at radius 2 is 0.825 bits per heavy atom. The number of rotatable bonds is 7. The zero-order valence-electron chi connectivity index (χ0n) is 33.3. The average Bonchev–Trinajstić information content (AvgIpc) is 3.69. The molecule has 290 valence electrons. The number of aromatic nitrogens is 5. The normalized spacial score (nSPS) is 10.8. The minimum absolute atomic E-state index is 0.388. The second kappa shape index (κ2) is 15.9. The first kappa shape index (κ1) is 37.7. The summed E-state index contributed by atoms with van der Waals surface area (Å²) in [6.45, 7) is 0. The van der Waals surface area contributed by atoms with Crippen LogP contribution in [0.4, 0.5) is 0 Å². The van der Waals surface area contributed by atoms with Crippen molar-refractivity contribution in [3.8, 4) is 97.6 Å². The Balaban J connectivity index is 1.28. The number of nitriles is 4. The van der Waals surface area contributed by atoms with Gasteiger partial charge in [0.2, 0.25) is 0 Å². The fraction of sp³-hybridized carbons (Fsp3) is 0. The van der Waals surface area contributed by atoms with Gasteiger partial charge in [-0.15, -0.1) is 0 Å². The predicted molar refractivity (Wildman–Crippen MR) is 243 cm³/mol. The Kier molecular flexibility index (Phi) is 9.52. The highest BCUT2D eigenvalue weighted by Crippen LogP contribution is 2.41. The molecule has 63 heavy (non-hydrogen) atoms. The summed E-state index contributed by atoms with van der Waals surface area (Å²) in [5.41, 5.74) is 11.3. The minimum Gasteiger partial charge on any atom is -0.308 e. The molecule has 0 aliphatic carbocycles. The zero-order valence-corrected chi connectivity index (χ0v) is 33.3. The van der Waals surface area contributed by atoms with E-state index in [9.17, 15) is 21.0 Å². The monoisotopic (exact) mass is 803 g/mol. The largest absolute Gasteiger partial charge is 0.308 e. The smallest absolute Gasteiger partial charge is 0.166 e. The third-order valence-corrected chi connectivity index (χ3v) is 11.0. The van der Waals surface area contributed by atoms with Gasteiger partial charge in [-0.2, -0.15) is 21.0 Å². The van der Waals surface area contributed by atoms with E-state index in [1.807, 2.05) is 109 Å². The molecule has 0 spiro atoms. The lowest BCUT2D eigenvalue weighted by molar-refractivity contribution is 1.06. The maximum absolute atomic E-state index is 9.84. The third-order valence-electron chi connectivity index (χ3n) is 11.0. The van der Waals surface area contributed by atoms with Gasteiger partial charge in [-0.25, -0.2) is 15.0 Å². The lowest BCUT2D eigenvalue weighted by Crippen LogP contribution is -2.04. The predicted octanol–water partition coefficient (Wildman–Crippen LogP) is 11.9. The Hall–Kier alpha value is -9.54. The van der Waals surface area contributed by atoms with Gasteiger partial charge in [0, 0.05) is 39.2 Å². The highest BCUT2D eigenvalue weighted by molar-refractivity contribution is 6.12. The molecular formula is C54H29N9. The summed E-state index contributed by atoms with van der Waals surface area (Å²) in [7, 11) is 0. The quantitative estimate of drug-likeness (QED) is 0.154. The molecule has 0 saturated heterocycles. The molecule has 9 nitrogen and oxygen atoms in total. The summed E-state index contributed by atoms with van der Waals surface area (Å²) in [6, 6.07) is 63.0. The molecule has 9 heteroatoms. The van der Waals surface area contributed by atoms with Gasteiger partial charge in [0.1, 0.15) is 0 Å². The van der Waals surface area contributed by atoms with Crippen molar-refractivity contribution < 1.29 is 0 Å². The van der Waals surface area contributed by atoms with Gasteiger partial charge in [0.05, 0.1) is 68.9 Å². The van der Waals surface area contributed by atoms with Gasteiger partial charge in [-0.3, -0.25) is 4.98 Å². The van der Waals surface area contributed by atoms with Crippen LogP contribution in [-0.4, -0.2) is 24.5 Å². The van der Waals surface area contributed by atoms with E-state index in [1.165, 1.54) is 0 Å². The Labute approximate surface area is 362 Å². The van der Waals surface area contributed by atoms with Crippen LogP contribution in [0.2, 0.25) is 0 Å². The second-order valence-electron chi connectivity index (χ2n) is 14.8. The second-order valence-corrected chi connectivity index (χ2v) is 14.8. The van der Waals surface area contributed by atoms with Crippen molar-refractivity contribution in [3.63, 3.8) is 0 Å². The summed E-state index contributed by atoms with van der Waals surface area (Å²) in [5, 5.41) is 41.2. The van der Waals surface area contributed by atoms with Crippen molar-refractivity contribution in [2.24, 2.45) is 0 Å². The maximum Gasteiger partial charge on any atom is 0.166 e. The lowest BCUT2D eigenvalue weighted by Gasteiger charge is -2.16. The first-order chi connectivity index (χ1) is 31.0. The van der Waals surface area contributed by atoms with E-state index in [1.54, 1.807) is 42.6 Å². The number of nitrogens with zero attached hydrogens (tertiary/aromatic N) is 9. The summed E-state index contributed by atoms with van der Waals surface area (Å²) in [5.74, 6) is 1.52. The third kappa shape index (κ3) is 7.07. The van der Waals surface area contributed by atoms with Crippen LogP contribution in [0.25, 0.3) is 95.2 Å². The van der Waals surface area contributed by atoms with Crippen molar-refractivity contribution in [2.75, 3.05) is 0 Å². The number of hydrogen-bond acceptors (Lipinski definition) is 8. The van der Waals surface area contributed by atoms with Crippen molar-refractivity contribution in [2.45, 2.75) is 0 Å². The molecule has 7 aromatic carbocycles. The highest BCUT2D eigenvalue weighted by atomic mass is 15.1. The van der Waals surface area contributed by atoms with E-state index >= 15 is 0 Å². The van der Waals surface area contributed by atoms with Crippen LogP contribution in [-0.2, 0) is 0 Å². The Bertz CT molecular complexity index is 3350. The lowest BCUT2D eigenvalue weighted by atomic mass is 9.97. The summed E-state index contributed by atoms with van der Waals surface area (Å²) >= 11 is 0. The van der Waals surface area contributed by atoms with Crippen LogP contribution in [0.1, 0.15) is 22.3 Å². The number of pyridine rings is 1. The topological polar surface area (TPSA) is 152 Å². The van der Waals surface area contributed by atoms with Crippen LogP contribution in [0.3, 0.4) is 0 Å². The van der Waals surface area contributed by atoms with E-state index in [0.29, 0.717) is 39.7 Å². The average molecular weight is 804 g/mol. The van der Waals surface area contributed by atoms with Crippen LogP contribution in [0.15, 0.2) is 176 Å². The molecule has 0 unspecified atom stereocenters. The summed E-state index contributed by atoms with van der Waals surface area (Å²) in [4.78, 5) is 20.0. The molecule has 0 bridgehead atoms. The van der Waals surface area contributed by atoms with Crippen LogP contribution in [0, 0.1) is 45.3 Å². The summed E-state index contributed by atoms with van der Waals surface area (Å²) in [6.07, 6.45) is 1.77. The molecule has 10 rings (SSSR count). The van der Waals surface area contributed by atoms with E-state index in [0.717, 1.165) is 77.7 Å². The van der Waals surface area contributed by atoms with Crippen molar-refractivity contribution >= 4 is 21.8 Å². The molecule has 0 amide bonds. The maximum atomic E-state index is 9.84. The van der Waals surface area contributed by atoms with E-state index in [2.05, 4.69) is 53.1 Å². The molecule has 3 aromatic heterocycles. The minimum atomic E-state index is 0.388. The number of benzene rings is 7. The van der Waals surface area contributed by atoms with Crippen LogP contribution >= 0.6 is 0 Å². The highest BCUT2D eigenvalue weighted by Gasteiger charge is 2.22. The van der Waals surface area contributed by atoms with E-state index in [-0.39, 0.29) is 0 Å². The van der Waals surface area contributed by atoms with E-state index in [4.69, 9.17) is 19.9 Å². The molecular weight excluding hydrogens is 775 g/mol. The van der Waals surface area contributed by atoms with Crippen LogP contribution in [0.5, 0.6) is 0 Å². The van der Waals surface area contributed by atoms with Gasteiger partial charge in [-0.05, 0) is 107 Å². The molecule has 0 saturated carbocycles. The van der Waals surface area contributed by atoms with Gasteiger partial charge < -0.3 is 4.57 Å². The van der Waals surface area contributed by atoms with E-state index < -0.39 is 0 Å². The standard InChI is InChI=1S/C54H29N9/c55-30-34-21-35(31-56)24-43(23-34)40-14-17-49-45(27-40)46-28-41(44-25-36(32-57)22-37(26-44)33-58)15-18-50(46)63(49)51-19-16-42(48-13-7-8-20-59-48)29-47(51)54-61-52(38-9-3-1-4-10-38)60-53(62-54)39-11-5-2-6-12-39/h1-29H. The van der Waals surface area contributed by atoms with Gasteiger partial charge in [-0.1, -0.05) is 84.9 Å². The Morgan fingerprint density at radius 3 is 1.29 bits per heavy atom. The Morgan fingerprint density at radius 1 is 0.365 bits per heavy atom. The zero-order chi connectivity index (χ0) is 42.9. The number of hydrogen-bond donors (Lipinski definition) is 0. The molecule has 0 N–H and O–H groups in total. The fourth-order valence-electron chi connectivity index (χ4n) is 8.02. The molecule has 0 aliphatic rings. The van der Waals surface area contributed by atoms with Crippen LogP contribution < -0.4 is 0 Å². The fourth-order valence-corrected chi connectivity index (χ4v) is 8.02. The molecule has 3 heterocycles. The van der Waals surface area contributed by atoms with Crippen molar-refractivity contribution in [1.29, 1.82) is 21.0 Å². The molecule has 0 aliphatic heterocycles. The summed E-state index contributed by atoms with van der Waals surface area (Å²) < 4.78 is 2.20. The molecule has 0 radical (unpaired) electrons. The van der Waals surface area contributed by atoms with Crippen molar-refractivity contribution in [3.05, 3.63) is 198 Å². The van der Waals surface area contributed by atoms with Crippen molar-refractivity contribution in [1.82, 2.24) is 24.5 Å².